The van der Waals surface area contributed by atoms with Crippen LogP contribution in [0.5, 0.6) is 11.5 Å². The third-order valence-corrected chi connectivity index (χ3v) is 4.13. The van der Waals surface area contributed by atoms with E-state index in [1.165, 1.54) is 7.11 Å². The van der Waals surface area contributed by atoms with E-state index in [4.69, 9.17) is 18.3 Å². The number of methoxy groups -OCH3 is 2. The molecule has 5 heteroatoms. The van der Waals surface area contributed by atoms with Gasteiger partial charge in [0.1, 0.15) is 5.75 Å². The summed E-state index contributed by atoms with van der Waals surface area (Å²) in [4.78, 5) is 12.4. The molecular weight excluding hydrogens is 296 g/mol. The number of ether oxygens (including phenoxy) is 2. The monoisotopic (exact) mass is 314 g/mol. The molecule has 0 spiro atoms. The molecule has 5 nitrogen and oxygen atoms in total. The van der Waals surface area contributed by atoms with Crippen molar-refractivity contribution in [2.75, 3.05) is 14.2 Å². The van der Waals surface area contributed by atoms with Crippen molar-refractivity contribution in [1.29, 1.82) is 0 Å². The van der Waals surface area contributed by atoms with Crippen LogP contribution >= 0.6 is 0 Å². The van der Waals surface area contributed by atoms with Crippen LogP contribution in [0.3, 0.4) is 0 Å². The predicted molar refractivity (Wildman–Crippen MR) is 88.6 cm³/mol. The van der Waals surface area contributed by atoms with E-state index in [0.29, 0.717) is 33.6 Å². The molecule has 1 aromatic carbocycles. The minimum absolute atomic E-state index is 0.306. The Kier molecular flexibility index (Phi) is 3.43. The van der Waals surface area contributed by atoms with Gasteiger partial charge in [-0.05, 0) is 12.1 Å². The van der Waals surface area contributed by atoms with Gasteiger partial charge in [0.25, 0.3) is 0 Å². The Morgan fingerprint density at radius 3 is 2.43 bits per heavy atom. The molecule has 3 aromatic rings. The lowest BCUT2D eigenvalue weighted by atomic mass is 9.85. The standard InChI is InChI=1S/C18H18O5/c1-6-18(2,3)12-9-11-13(20-4)10-7-8-22-14(10)16(21-5)15(11)23-17(12)19/h6-9H,1H2,2-5H3. The first-order valence-corrected chi connectivity index (χ1v) is 7.17. The second-order valence-corrected chi connectivity index (χ2v) is 5.85. The van der Waals surface area contributed by atoms with Crippen molar-refractivity contribution >= 4 is 21.9 Å². The minimum Gasteiger partial charge on any atom is -0.495 e. The van der Waals surface area contributed by atoms with Crippen LogP contribution in [0.15, 0.2) is 44.7 Å². The number of furan rings is 1. The number of hydrogen-bond donors (Lipinski definition) is 0. The quantitative estimate of drug-likeness (QED) is 0.537. The Balaban J connectivity index is 2.54. The summed E-state index contributed by atoms with van der Waals surface area (Å²) in [5, 5.41) is 1.41. The van der Waals surface area contributed by atoms with Crippen molar-refractivity contribution in [3.05, 3.63) is 47.0 Å². The highest BCUT2D eigenvalue weighted by atomic mass is 16.5. The molecule has 2 aromatic heterocycles. The molecule has 0 saturated carbocycles. The number of rotatable bonds is 4. The molecule has 0 atom stereocenters. The van der Waals surface area contributed by atoms with E-state index < -0.39 is 11.0 Å². The number of allylic oxidation sites excluding steroid dienone is 1. The summed E-state index contributed by atoms with van der Waals surface area (Å²) in [7, 11) is 3.07. The summed E-state index contributed by atoms with van der Waals surface area (Å²) in [5.74, 6) is 0.954. The van der Waals surface area contributed by atoms with Gasteiger partial charge < -0.3 is 18.3 Å². The highest BCUT2D eigenvalue weighted by Crippen LogP contribution is 2.43. The zero-order valence-electron chi connectivity index (χ0n) is 13.6. The third kappa shape index (κ3) is 2.11. The predicted octanol–water partition coefficient (Wildman–Crippen LogP) is 4.02. The fourth-order valence-corrected chi connectivity index (χ4v) is 2.69. The van der Waals surface area contributed by atoms with Gasteiger partial charge in [0, 0.05) is 11.0 Å². The molecule has 2 heterocycles. The van der Waals surface area contributed by atoms with E-state index in [1.54, 1.807) is 31.6 Å². The molecule has 0 unspecified atom stereocenters. The summed E-state index contributed by atoms with van der Waals surface area (Å²) in [5.41, 5.74) is 0.325. The van der Waals surface area contributed by atoms with Crippen molar-refractivity contribution in [3.8, 4) is 11.5 Å². The van der Waals surface area contributed by atoms with Crippen molar-refractivity contribution in [1.82, 2.24) is 0 Å². The Morgan fingerprint density at radius 1 is 1.13 bits per heavy atom. The van der Waals surface area contributed by atoms with Crippen molar-refractivity contribution in [2.24, 2.45) is 0 Å². The Morgan fingerprint density at radius 2 is 1.83 bits per heavy atom. The van der Waals surface area contributed by atoms with Crippen molar-refractivity contribution in [2.45, 2.75) is 19.3 Å². The van der Waals surface area contributed by atoms with Crippen LogP contribution in [-0.2, 0) is 5.41 Å². The summed E-state index contributed by atoms with van der Waals surface area (Å²) in [6.45, 7) is 7.60. The maximum atomic E-state index is 12.4. The van der Waals surface area contributed by atoms with Gasteiger partial charge in [-0.2, -0.15) is 0 Å². The molecule has 0 fully saturated rings. The Bertz CT molecular complexity index is 959. The minimum atomic E-state index is -0.529. The van der Waals surface area contributed by atoms with Crippen LogP contribution in [0.25, 0.3) is 21.9 Å². The first kappa shape index (κ1) is 15.2. The molecule has 23 heavy (non-hydrogen) atoms. The van der Waals surface area contributed by atoms with Crippen LogP contribution in [-0.4, -0.2) is 14.2 Å². The first-order valence-electron chi connectivity index (χ1n) is 7.17. The molecule has 0 aliphatic rings. The van der Waals surface area contributed by atoms with Gasteiger partial charge in [-0.1, -0.05) is 19.9 Å². The van der Waals surface area contributed by atoms with Gasteiger partial charge in [-0.15, -0.1) is 6.58 Å². The lowest BCUT2D eigenvalue weighted by Crippen LogP contribution is -2.22. The highest BCUT2D eigenvalue weighted by Gasteiger charge is 2.26. The van der Waals surface area contributed by atoms with Gasteiger partial charge in [0.15, 0.2) is 11.2 Å². The molecule has 0 amide bonds. The second-order valence-electron chi connectivity index (χ2n) is 5.85. The molecule has 0 aliphatic heterocycles. The third-order valence-electron chi connectivity index (χ3n) is 4.13. The molecular formula is C18H18O5. The molecule has 0 saturated heterocycles. The zero-order valence-corrected chi connectivity index (χ0v) is 13.6. The average molecular weight is 314 g/mol. The molecule has 3 rings (SSSR count). The van der Waals surface area contributed by atoms with E-state index in [1.807, 2.05) is 13.8 Å². The van der Waals surface area contributed by atoms with Gasteiger partial charge >= 0.3 is 5.63 Å². The zero-order chi connectivity index (χ0) is 16.8. The van der Waals surface area contributed by atoms with Crippen molar-refractivity contribution in [3.63, 3.8) is 0 Å². The van der Waals surface area contributed by atoms with E-state index >= 15 is 0 Å². The van der Waals surface area contributed by atoms with Gasteiger partial charge in [-0.25, -0.2) is 4.79 Å². The molecule has 0 radical (unpaired) electrons. The number of benzene rings is 1. The maximum Gasteiger partial charge on any atom is 0.340 e. The highest BCUT2D eigenvalue weighted by molar-refractivity contribution is 6.06. The van der Waals surface area contributed by atoms with E-state index in [0.717, 1.165) is 5.39 Å². The van der Waals surface area contributed by atoms with E-state index in [2.05, 4.69) is 6.58 Å². The largest absolute Gasteiger partial charge is 0.495 e. The lowest BCUT2D eigenvalue weighted by Gasteiger charge is -2.19. The number of hydrogen-bond acceptors (Lipinski definition) is 5. The summed E-state index contributed by atoms with van der Waals surface area (Å²) in [6.07, 6.45) is 3.26. The summed E-state index contributed by atoms with van der Waals surface area (Å²) >= 11 is 0. The van der Waals surface area contributed by atoms with E-state index in [9.17, 15) is 4.79 Å². The Hall–Kier alpha value is -2.69. The molecule has 120 valence electrons. The van der Waals surface area contributed by atoms with Gasteiger partial charge in [-0.3, -0.25) is 0 Å². The Labute approximate surface area is 133 Å². The summed E-state index contributed by atoms with van der Waals surface area (Å²) in [6, 6.07) is 3.57. The smallest absolute Gasteiger partial charge is 0.340 e. The SMILES string of the molecule is C=CC(C)(C)c1cc2c(OC)c3ccoc3c(OC)c2oc1=O. The second kappa shape index (κ2) is 5.19. The van der Waals surface area contributed by atoms with Gasteiger partial charge in [0.05, 0.1) is 31.3 Å². The van der Waals surface area contributed by atoms with Crippen LogP contribution in [0.4, 0.5) is 0 Å². The number of fused-ring (bicyclic) bond motifs is 2. The topological polar surface area (TPSA) is 61.8 Å². The van der Waals surface area contributed by atoms with Gasteiger partial charge in [0.2, 0.25) is 5.75 Å². The maximum absolute atomic E-state index is 12.4. The van der Waals surface area contributed by atoms with Crippen LogP contribution in [0, 0.1) is 0 Å². The summed E-state index contributed by atoms with van der Waals surface area (Å²) < 4.78 is 22.0. The molecule has 0 N–H and O–H groups in total. The first-order chi connectivity index (χ1) is 10.9. The average Bonchev–Trinajstić information content (AvgIpc) is 3.00. The molecule has 0 bridgehead atoms. The van der Waals surface area contributed by atoms with Crippen LogP contribution in [0.1, 0.15) is 19.4 Å². The van der Waals surface area contributed by atoms with Crippen molar-refractivity contribution < 1.29 is 18.3 Å². The molecule has 0 aliphatic carbocycles. The van der Waals surface area contributed by atoms with Crippen LogP contribution in [0.2, 0.25) is 0 Å². The fraction of sp³-hybridized carbons (Fsp3) is 0.278. The lowest BCUT2D eigenvalue weighted by molar-refractivity contribution is 0.397. The fourth-order valence-electron chi connectivity index (χ4n) is 2.69. The van der Waals surface area contributed by atoms with E-state index in [-0.39, 0.29) is 0 Å². The normalized spacial score (nSPS) is 11.8. The van der Waals surface area contributed by atoms with Crippen LogP contribution < -0.4 is 15.1 Å².